The van der Waals surface area contributed by atoms with Gasteiger partial charge in [-0.1, -0.05) is 13.8 Å². The SMILES string of the molecule is CCN(CC)CCn1c(=S)[nH]c2cc(C(=O)NCCOC)ccc2c1=O. The molecule has 142 valence electrons. The maximum Gasteiger partial charge on any atom is 0.262 e. The Morgan fingerprint density at radius 2 is 2.08 bits per heavy atom. The van der Waals surface area contributed by atoms with E-state index in [0.29, 0.717) is 40.9 Å². The molecule has 1 aromatic heterocycles. The predicted octanol–water partition coefficient (Wildman–Crippen LogP) is 1.78. The normalized spacial score (nSPS) is 11.2. The molecule has 0 radical (unpaired) electrons. The Balaban J connectivity index is 2.29. The highest BCUT2D eigenvalue weighted by Gasteiger charge is 2.11. The first kappa shape index (κ1) is 20.3. The number of hydrogen-bond acceptors (Lipinski definition) is 5. The second kappa shape index (κ2) is 9.61. The summed E-state index contributed by atoms with van der Waals surface area (Å²) in [6.45, 7) is 8.20. The van der Waals surface area contributed by atoms with Gasteiger partial charge in [-0.25, -0.2) is 0 Å². The number of likely N-dealkylation sites (N-methyl/N-ethyl adjacent to an activating group) is 1. The van der Waals surface area contributed by atoms with E-state index in [0.717, 1.165) is 19.6 Å². The van der Waals surface area contributed by atoms with E-state index in [1.54, 1.807) is 29.9 Å². The van der Waals surface area contributed by atoms with E-state index in [2.05, 4.69) is 29.0 Å². The molecule has 0 saturated carbocycles. The Bertz CT molecular complexity index is 871. The summed E-state index contributed by atoms with van der Waals surface area (Å²) in [5.74, 6) is -0.214. The fourth-order valence-corrected chi connectivity index (χ4v) is 3.03. The van der Waals surface area contributed by atoms with Crippen LogP contribution in [0.2, 0.25) is 0 Å². The van der Waals surface area contributed by atoms with Gasteiger partial charge >= 0.3 is 0 Å². The number of nitrogens with one attached hydrogen (secondary N) is 2. The average molecular weight is 378 g/mol. The second-order valence-corrected chi connectivity index (χ2v) is 6.31. The number of amides is 1. The fourth-order valence-electron chi connectivity index (χ4n) is 2.75. The Labute approximate surface area is 158 Å². The van der Waals surface area contributed by atoms with Gasteiger partial charge in [0.2, 0.25) is 0 Å². The summed E-state index contributed by atoms with van der Waals surface area (Å²) >= 11 is 5.36. The highest BCUT2D eigenvalue weighted by Crippen LogP contribution is 2.11. The molecule has 1 amide bonds. The van der Waals surface area contributed by atoms with Crippen LogP contribution in [0.1, 0.15) is 24.2 Å². The van der Waals surface area contributed by atoms with Gasteiger partial charge in [-0.2, -0.15) is 0 Å². The summed E-state index contributed by atoms with van der Waals surface area (Å²) in [7, 11) is 1.58. The van der Waals surface area contributed by atoms with Crippen LogP contribution in [0.25, 0.3) is 10.9 Å². The molecule has 7 nitrogen and oxygen atoms in total. The van der Waals surface area contributed by atoms with E-state index in [1.807, 2.05) is 0 Å². The van der Waals surface area contributed by atoms with Gasteiger partial charge in [0.05, 0.1) is 17.5 Å². The van der Waals surface area contributed by atoms with Gasteiger partial charge in [0.1, 0.15) is 0 Å². The zero-order chi connectivity index (χ0) is 19.1. The minimum absolute atomic E-state index is 0.137. The molecule has 0 atom stereocenters. The number of hydrogen-bond donors (Lipinski definition) is 2. The summed E-state index contributed by atoms with van der Waals surface area (Å²) in [6.07, 6.45) is 0. The second-order valence-electron chi connectivity index (χ2n) is 5.92. The maximum absolute atomic E-state index is 12.8. The lowest BCUT2D eigenvalue weighted by molar-refractivity contribution is 0.0937. The van der Waals surface area contributed by atoms with E-state index in [-0.39, 0.29) is 11.5 Å². The molecule has 1 heterocycles. The third kappa shape index (κ3) is 4.78. The Morgan fingerprint density at radius 1 is 1.35 bits per heavy atom. The van der Waals surface area contributed by atoms with Gasteiger partial charge in [-0.3, -0.25) is 14.2 Å². The first-order valence-electron chi connectivity index (χ1n) is 8.78. The molecule has 0 unspecified atom stereocenters. The lowest BCUT2D eigenvalue weighted by atomic mass is 10.1. The third-order valence-electron chi connectivity index (χ3n) is 4.37. The Hall–Kier alpha value is -2.03. The lowest BCUT2D eigenvalue weighted by Crippen LogP contribution is -2.31. The van der Waals surface area contributed by atoms with Gasteiger partial charge in [-0.05, 0) is 43.5 Å². The minimum Gasteiger partial charge on any atom is -0.383 e. The van der Waals surface area contributed by atoms with Crippen molar-refractivity contribution in [3.05, 3.63) is 38.9 Å². The van der Waals surface area contributed by atoms with Gasteiger partial charge in [0, 0.05) is 32.3 Å². The topological polar surface area (TPSA) is 79.4 Å². The molecule has 0 fully saturated rings. The monoisotopic (exact) mass is 378 g/mol. The number of aromatic amines is 1. The van der Waals surface area contributed by atoms with Crippen molar-refractivity contribution < 1.29 is 9.53 Å². The van der Waals surface area contributed by atoms with E-state index in [1.165, 1.54) is 0 Å². The largest absolute Gasteiger partial charge is 0.383 e. The van der Waals surface area contributed by atoms with E-state index in [4.69, 9.17) is 17.0 Å². The molecule has 0 bridgehead atoms. The summed E-state index contributed by atoms with van der Waals surface area (Å²) < 4.78 is 6.86. The first-order valence-corrected chi connectivity index (χ1v) is 9.19. The number of fused-ring (bicyclic) bond motifs is 1. The molecule has 8 heteroatoms. The molecule has 0 aliphatic heterocycles. The van der Waals surface area contributed by atoms with Crippen molar-refractivity contribution in [1.82, 2.24) is 19.8 Å². The molecule has 2 rings (SSSR count). The molecule has 1 aromatic carbocycles. The van der Waals surface area contributed by atoms with E-state index in [9.17, 15) is 9.59 Å². The molecular weight excluding hydrogens is 352 g/mol. The Kier molecular flexibility index (Phi) is 7.50. The molecule has 26 heavy (non-hydrogen) atoms. The van der Waals surface area contributed by atoms with Crippen molar-refractivity contribution in [3.63, 3.8) is 0 Å². The number of nitrogens with zero attached hydrogens (tertiary/aromatic N) is 2. The van der Waals surface area contributed by atoms with E-state index < -0.39 is 0 Å². The molecule has 0 aliphatic carbocycles. The van der Waals surface area contributed by atoms with Crippen molar-refractivity contribution in [2.75, 3.05) is 39.9 Å². The Morgan fingerprint density at radius 3 is 2.73 bits per heavy atom. The summed E-state index contributed by atoms with van der Waals surface area (Å²) in [4.78, 5) is 30.2. The van der Waals surface area contributed by atoms with Gasteiger partial charge in [0.15, 0.2) is 4.77 Å². The number of aromatic nitrogens is 2. The van der Waals surface area contributed by atoms with Gasteiger partial charge in [-0.15, -0.1) is 0 Å². The van der Waals surface area contributed by atoms with Crippen molar-refractivity contribution in [3.8, 4) is 0 Å². The van der Waals surface area contributed by atoms with Gasteiger partial charge < -0.3 is 19.9 Å². The number of benzene rings is 1. The number of methoxy groups -OCH3 is 1. The number of H-pyrrole nitrogens is 1. The number of rotatable bonds is 9. The van der Waals surface area contributed by atoms with Gasteiger partial charge in [0.25, 0.3) is 11.5 Å². The number of carbonyl (C=O) groups excluding carboxylic acids is 1. The molecular formula is C18H26N4O3S. The van der Waals surface area contributed by atoms with Crippen LogP contribution < -0.4 is 10.9 Å². The molecule has 2 N–H and O–H groups in total. The van der Waals surface area contributed by atoms with Crippen LogP contribution >= 0.6 is 12.2 Å². The van der Waals surface area contributed by atoms with Crippen molar-refractivity contribution in [2.24, 2.45) is 0 Å². The van der Waals surface area contributed by atoms with Crippen LogP contribution in [0.15, 0.2) is 23.0 Å². The zero-order valence-electron chi connectivity index (χ0n) is 15.5. The summed E-state index contributed by atoms with van der Waals surface area (Å²) in [5.41, 5.74) is 0.903. The van der Waals surface area contributed by atoms with Crippen molar-refractivity contribution >= 4 is 29.0 Å². The molecule has 2 aromatic rings. The fraction of sp³-hybridized carbons (Fsp3) is 0.500. The third-order valence-corrected chi connectivity index (χ3v) is 4.69. The van der Waals surface area contributed by atoms with Crippen LogP contribution in [0.4, 0.5) is 0 Å². The van der Waals surface area contributed by atoms with E-state index >= 15 is 0 Å². The summed E-state index contributed by atoms with van der Waals surface area (Å²) in [6, 6.07) is 4.98. The molecule has 0 aliphatic rings. The summed E-state index contributed by atoms with van der Waals surface area (Å²) in [5, 5.41) is 3.28. The highest BCUT2D eigenvalue weighted by molar-refractivity contribution is 7.71. The van der Waals surface area contributed by atoms with Crippen LogP contribution in [0, 0.1) is 4.77 Å². The van der Waals surface area contributed by atoms with Crippen LogP contribution in [-0.4, -0.2) is 60.3 Å². The average Bonchev–Trinajstić information content (AvgIpc) is 2.64. The number of ether oxygens (including phenoxy) is 1. The standard InChI is InChI=1S/C18H26N4O3S/c1-4-21(5-2)9-10-22-17(24)14-7-6-13(12-15(14)20-18(22)26)16(23)19-8-11-25-3/h6-7,12H,4-5,8-11H2,1-3H3,(H,19,23)(H,20,26). The lowest BCUT2D eigenvalue weighted by Gasteiger charge is -2.18. The van der Waals surface area contributed by atoms with Crippen LogP contribution in [0.5, 0.6) is 0 Å². The maximum atomic E-state index is 12.8. The van der Waals surface area contributed by atoms with Crippen molar-refractivity contribution in [1.29, 1.82) is 0 Å². The predicted molar refractivity (Wildman–Crippen MR) is 105 cm³/mol. The molecule has 0 saturated heterocycles. The zero-order valence-corrected chi connectivity index (χ0v) is 16.3. The van der Waals surface area contributed by atoms with Crippen LogP contribution in [-0.2, 0) is 11.3 Å². The quantitative estimate of drug-likeness (QED) is 0.514. The highest BCUT2D eigenvalue weighted by atomic mass is 32.1. The number of carbonyl (C=O) groups is 1. The first-order chi connectivity index (χ1) is 12.5. The minimum atomic E-state index is -0.214. The smallest absolute Gasteiger partial charge is 0.262 e. The van der Waals surface area contributed by atoms with Crippen molar-refractivity contribution in [2.45, 2.75) is 20.4 Å². The molecule has 0 spiro atoms. The van der Waals surface area contributed by atoms with Crippen LogP contribution in [0.3, 0.4) is 0 Å².